The number of rotatable bonds is 4. The second-order valence-corrected chi connectivity index (χ2v) is 9.50. The van der Waals surface area contributed by atoms with Crippen LogP contribution in [0.1, 0.15) is 37.0 Å². The third kappa shape index (κ3) is 3.84. The molecule has 0 radical (unpaired) electrons. The number of nitrogens with one attached hydrogen (secondary N) is 2. The van der Waals surface area contributed by atoms with Crippen LogP contribution in [-0.4, -0.2) is 25.4 Å². The lowest BCUT2D eigenvalue weighted by Crippen LogP contribution is -2.24. The molecule has 6 nitrogen and oxygen atoms in total. The molecule has 0 saturated heterocycles. The summed E-state index contributed by atoms with van der Waals surface area (Å²) in [6.45, 7) is 6.65. The van der Waals surface area contributed by atoms with Gasteiger partial charge in [-0.15, -0.1) is 11.3 Å². The van der Waals surface area contributed by atoms with Gasteiger partial charge < -0.3 is 14.9 Å². The van der Waals surface area contributed by atoms with Crippen LogP contribution >= 0.6 is 11.3 Å². The maximum atomic E-state index is 12.5. The van der Waals surface area contributed by atoms with E-state index in [-0.39, 0.29) is 11.4 Å². The van der Waals surface area contributed by atoms with Crippen molar-refractivity contribution in [2.45, 2.75) is 32.9 Å². The van der Waals surface area contributed by atoms with E-state index in [4.69, 9.17) is 0 Å². The van der Waals surface area contributed by atoms with Gasteiger partial charge in [0, 0.05) is 17.9 Å². The fraction of sp³-hybridized carbons (Fsp3) is 0.208. The van der Waals surface area contributed by atoms with Gasteiger partial charge in [-0.3, -0.25) is 4.79 Å². The van der Waals surface area contributed by atoms with E-state index in [0.717, 1.165) is 33.5 Å². The predicted molar refractivity (Wildman–Crippen MR) is 125 cm³/mol. The largest absolute Gasteiger partial charge is 0.348 e. The normalized spacial score (nSPS) is 12.0. The highest BCUT2D eigenvalue weighted by molar-refractivity contribution is 7.16. The molecule has 0 bridgehead atoms. The van der Waals surface area contributed by atoms with E-state index in [1.165, 1.54) is 4.70 Å². The smallest absolute Gasteiger partial charge is 0.253 e. The highest BCUT2D eigenvalue weighted by Gasteiger charge is 2.15. The topological polar surface area (TPSA) is 75.6 Å². The first-order valence-corrected chi connectivity index (χ1v) is 11.0. The number of hydrogen-bond donors (Lipinski definition) is 2. The van der Waals surface area contributed by atoms with E-state index < -0.39 is 0 Å². The molecular formula is C24H23N5OS. The molecule has 156 valence electrons. The van der Waals surface area contributed by atoms with E-state index in [1.807, 2.05) is 34.6 Å². The molecule has 2 aromatic carbocycles. The summed E-state index contributed by atoms with van der Waals surface area (Å²) in [5.74, 6) is 0.617. The standard InChI is InChI=1S/C24H23N5OS/c1-24(2,3)29-9-8-17(13-29)23(30)25-12-22-27-18-6-4-15(10-19(18)28-22)16-5-7-21-20(11-16)26-14-31-21/h4-11,13-14H,12H2,1-3H3,(H,25,30)(H,27,28). The Morgan fingerprint density at radius 3 is 2.71 bits per heavy atom. The third-order valence-electron chi connectivity index (χ3n) is 5.34. The molecule has 31 heavy (non-hydrogen) atoms. The molecule has 0 saturated carbocycles. The van der Waals surface area contributed by atoms with Crippen LogP contribution in [0.25, 0.3) is 32.4 Å². The minimum Gasteiger partial charge on any atom is -0.348 e. The van der Waals surface area contributed by atoms with E-state index >= 15 is 0 Å². The van der Waals surface area contributed by atoms with Crippen molar-refractivity contribution >= 4 is 38.5 Å². The molecule has 0 atom stereocenters. The summed E-state index contributed by atoms with van der Waals surface area (Å²) in [5.41, 5.74) is 7.50. The van der Waals surface area contributed by atoms with Gasteiger partial charge in [-0.25, -0.2) is 9.97 Å². The van der Waals surface area contributed by atoms with Gasteiger partial charge in [0.1, 0.15) is 5.82 Å². The molecule has 5 rings (SSSR count). The molecule has 2 N–H and O–H groups in total. The Bertz CT molecular complexity index is 1400. The van der Waals surface area contributed by atoms with Crippen molar-refractivity contribution in [2.24, 2.45) is 0 Å². The average molecular weight is 430 g/mol. The van der Waals surface area contributed by atoms with Crippen molar-refractivity contribution in [2.75, 3.05) is 0 Å². The van der Waals surface area contributed by atoms with Crippen LogP contribution < -0.4 is 5.32 Å². The number of amides is 1. The number of H-pyrrole nitrogens is 1. The highest BCUT2D eigenvalue weighted by Crippen LogP contribution is 2.28. The van der Waals surface area contributed by atoms with Crippen LogP contribution in [0.3, 0.4) is 0 Å². The number of fused-ring (bicyclic) bond motifs is 2. The average Bonchev–Trinajstić information content (AvgIpc) is 3.49. The lowest BCUT2D eigenvalue weighted by Gasteiger charge is -2.20. The second kappa shape index (κ2) is 7.35. The van der Waals surface area contributed by atoms with E-state index in [2.05, 4.69) is 71.4 Å². The van der Waals surface area contributed by atoms with Gasteiger partial charge in [0.25, 0.3) is 5.91 Å². The lowest BCUT2D eigenvalue weighted by atomic mass is 10.0. The van der Waals surface area contributed by atoms with Crippen molar-refractivity contribution in [1.29, 1.82) is 0 Å². The molecular weight excluding hydrogens is 406 g/mol. The van der Waals surface area contributed by atoms with Gasteiger partial charge in [-0.2, -0.15) is 0 Å². The number of benzene rings is 2. The SMILES string of the molecule is CC(C)(C)n1ccc(C(=O)NCc2nc3ccc(-c4ccc5scnc5c4)cc3[nH]2)c1. The molecule has 0 aliphatic rings. The summed E-state index contributed by atoms with van der Waals surface area (Å²) in [6.07, 6.45) is 3.81. The molecule has 3 aromatic heterocycles. The molecule has 0 unspecified atom stereocenters. The first-order chi connectivity index (χ1) is 14.9. The lowest BCUT2D eigenvalue weighted by molar-refractivity contribution is 0.0950. The third-order valence-corrected chi connectivity index (χ3v) is 6.15. The van der Waals surface area contributed by atoms with Gasteiger partial charge in [-0.1, -0.05) is 12.1 Å². The summed E-state index contributed by atoms with van der Waals surface area (Å²) in [7, 11) is 0. The summed E-state index contributed by atoms with van der Waals surface area (Å²) < 4.78 is 3.22. The molecule has 0 aliphatic heterocycles. The summed E-state index contributed by atoms with van der Waals surface area (Å²) in [6, 6.07) is 14.3. The van der Waals surface area contributed by atoms with Crippen LogP contribution in [0.5, 0.6) is 0 Å². The monoisotopic (exact) mass is 429 g/mol. The van der Waals surface area contributed by atoms with E-state index in [1.54, 1.807) is 11.3 Å². The van der Waals surface area contributed by atoms with Crippen molar-refractivity contribution in [1.82, 2.24) is 24.8 Å². The number of nitrogens with zero attached hydrogens (tertiary/aromatic N) is 3. The molecule has 5 aromatic rings. The maximum Gasteiger partial charge on any atom is 0.253 e. The molecule has 0 fully saturated rings. The van der Waals surface area contributed by atoms with Crippen LogP contribution in [0.2, 0.25) is 0 Å². The molecule has 1 amide bonds. The number of aromatic nitrogens is 4. The van der Waals surface area contributed by atoms with E-state index in [9.17, 15) is 4.79 Å². The fourth-order valence-electron chi connectivity index (χ4n) is 3.58. The minimum absolute atomic E-state index is 0.0566. The van der Waals surface area contributed by atoms with Gasteiger partial charge in [0.15, 0.2) is 0 Å². The molecule has 0 spiro atoms. The van der Waals surface area contributed by atoms with Gasteiger partial charge in [-0.05, 0) is 62.2 Å². The predicted octanol–water partition coefficient (Wildman–Crippen LogP) is 5.33. The van der Waals surface area contributed by atoms with Gasteiger partial charge in [0.05, 0.1) is 38.9 Å². The number of hydrogen-bond acceptors (Lipinski definition) is 4. The Labute approximate surface area is 184 Å². The van der Waals surface area contributed by atoms with Crippen LogP contribution in [0.4, 0.5) is 0 Å². The zero-order valence-electron chi connectivity index (χ0n) is 17.6. The van der Waals surface area contributed by atoms with Gasteiger partial charge >= 0.3 is 0 Å². The molecule has 3 heterocycles. The van der Waals surface area contributed by atoms with Crippen LogP contribution in [0, 0.1) is 0 Å². The summed E-state index contributed by atoms with van der Waals surface area (Å²) in [4.78, 5) is 24.9. The Kier molecular flexibility index (Phi) is 4.63. The highest BCUT2D eigenvalue weighted by atomic mass is 32.1. The van der Waals surface area contributed by atoms with Crippen molar-refractivity contribution in [3.8, 4) is 11.1 Å². The first-order valence-electron chi connectivity index (χ1n) is 10.2. The quantitative estimate of drug-likeness (QED) is 0.406. The number of aromatic amines is 1. The second-order valence-electron chi connectivity index (χ2n) is 8.61. The first kappa shape index (κ1) is 19.5. The zero-order chi connectivity index (χ0) is 21.6. The fourth-order valence-corrected chi connectivity index (χ4v) is 4.24. The summed E-state index contributed by atoms with van der Waals surface area (Å²) in [5, 5.41) is 2.95. The summed E-state index contributed by atoms with van der Waals surface area (Å²) >= 11 is 1.64. The van der Waals surface area contributed by atoms with Crippen molar-refractivity contribution in [3.63, 3.8) is 0 Å². The number of imidazole rings is 1. The van der Waals surface area contributed by atoms with Crippen LogP contribution in [0.15, 0.2) is 60.4 Å². The Hall–Kier alpha value is -3.45. The van der Waals surface area contributed by atoms with Gasteiger partial charge in [0.2, 0.25) is 0 Å². The number of carbonyl (C=O) groups is 1. The molecule has 7 heteroatoms. The van der Waals surface area contributed by atoms with E-state index in [0.29, 0.717) is 12.1 Å². The Morgan fingerprint density at radius 2 is 1.90 bits per heavy atom. The molecule has 0 aliphatic carbocycles. The van der Waals surface area contributed by atoms with Crippen LogP contribution in [-0.2, 0) is 12.1 Å². The Balaban J connectivity index is 1.33. The number of carbonyl (C=O) groups excluding carboxylic acids is 1. The maximum absolute atomic E-state index is 12.5. The number of thiazole rings is 1. The van der Waals surface area contributed by atoms with Crippen molar-refractivity contribution < 1.29 is 4.79 Å². The zero-order valence-corrected chi connectivity index (χ0v) is 18.5. The Morgan fingerprint density at radius 1 is 1.10 bits per heavy atom. The van der Waals surface area contributed by atoms with Crippen molar-refractivity contribution in [3.05, 3.63) is 71.8 Å². The minimum atomic E-state index is -0.110.